The number of carbonyl (C=O) groups is 1. The van der Waals surface area contributed by atoms with Crippen molar-refractivity contribution >= 4 is 44.9 Å². The number of hydrogen-bond acceptors (Lipinski definition) is 4. The second-order valence-corrected chi connectivity index (χ2v) is 8.24. The van der Waals surface area contributed by atoms with Crippen molar-refractivity contribution in [1.82, 2.24) is 5.32 Å². The van der Waals surface area contributed by atoms with Crippen molar-refractivity contribution in [1.29, 1.82) is 0 Å². The zero-order valence-electron chi connectivity index (χ0n) is 15.2. The van der Waals surface area contributed by atoms with E-state index in [9.17, 15) is 4.79 Å². The highest BCUT2D eigenvalue weighted by molar-refractivity contribution is 9.10. The first-order valence-corrected chi connectivity index (χ1v) is 9.79. The van der Waals surface area contributed by atoms with Crippen LogP contribution >= 0.6 is 28.1 Å². The number of benzene rings is 2. The molecule has 2 bridgehead atoms. The van der Waals surface area contributed by atoms with E-state index in [-0.39, 0.29) is 12.0 Å². The molecule has 2 aliphatic rings. The van der Waals surface area contributed by atoms with Crippen molar-refractivity contribution in [2.24, 2.45) is 5.92 Å². The summed E-state index contributed by atoms with van der Waals surface area (Å²) in [6.07, 6.45) is 0. The van der Waals surface area contributed by atoms with Crippen molar-refractivity contribution in [2.75, 3.05) is 12.0 Å². The maximum Gasteiger partial charge on any atom is 0.317 e. The summed E-state index contributed by atoms with van der Waals surface area (Å²) in [5.41, 5.74) is 1.82. The summed E-state index contributed by atoms with van der Waals surface area (Å²) in [6, 6.07) is 13.4. The molecular formula is C20H19BrN2O3S. The molecule has 3 unspecified atom stereocenters. The number of ether oxygens (including phenoxy) is 2. The predicted molar refractivity (Wildman–Crippen MR) is 111 cm³/mol. The normalized spacial score (nSPS) is 25.9. The Morgan fingerprint density at radius 2 is 2.11 bits per heavy atom. The fourth-order valence-electron chi connectivity index (χ4n) is 4.00. The van der Waals surface area contributed by atoms with Gasteiger partial charge in [-0.2, -0.15) is 0 Å². The summed E-state index contributed by atoms with van der Waals surface area (Å²) in [6.45, 7) is 3.91. The van der Waals surface area contributed by atoms with Gasteiger partial charge in [0.25, 0.3) is 0 Å². The number of fused-ring (bicyclic) bond motifs is 4. The van der Waals surface area contributed by atoms with Crippen LogP contribution in [0.1, 0.15) is 24.1 Å². The zero-order valence-corrected chi connectivity index (χ0v) is 17.6. The topological polar surface area (TPSA) is 50.8 Å². The molecule has 2 aromatic rings. The first-order chi connectivity index (χ1) is 12.8. The number of methoxy groups -OCH3 is 1. The van der Waals surface area contributed by atoms with E-state index in [1.807, 2.05) is 61.2 Å². The summed E-state index contributed by atoms with van der Waals surface area (Å²) in [5.74, 6) is -0.226. The lowest BCUT2D eigenvalue weighted by molar-refractivity contribution is -0.157. The highest BCUT2D eigenvalue weighted by Crippen LogP contribution is 2.50. The lowest BCUT2D eigenvalue weighted by Gasteiger charge is -2.55. The molecule has 27 heavy (non-hydrogen) atoms. The SMILES string of the molecule is COC(=O)C1C2NC(=S)N(c3cccc(C)c3)C1(C)Oc1ccc(Br)cc12. The second kappa shape index (κ2) is 6.49. The number of hydrogen-bond donors (Lipinski definition) is 1. The van der Waals surface area contributed by atoms with Crippen LogP contribution in [0.3, 0.4) is 0 Å². The number of carbonyl (C=O) groups excluding carboxylic acids is 1. The van der Waals surface area contributed by atoms with Crippen molar-refractivity contribution in [3.63, 3.8) is 0 Å². The van der Waals surface area contributed by atoms with Gasteiger partial charge in [0.05, 0.1) is 13.2 Å². The minimum atomic E-state index is -1.02. The van der Waals surface area contributed by atoms with Crippen LogP contribution < -0.4 is 15.0 Å². The number of halogens is 1. The third-order valence-corrected chi connectivity index (χ3v) is 5.97. The van der Waals surface area contributed by atoms with Gasteiger partial charge in [0.1, 0.15) is 11.7 Å². The summed E-state index contributed by atoms with van der Waals surface area (Å²) in [5, 5.41) is 3.86. The molecule has 3 atom stereocenters. The summed E-state index contributed by atoms with van der Waals surface area (Å²) in [7, 11) is 1.40. The largest absolute Gasteiger partial charge is 0.469 e. The smallest absolute Gasteiger partial charge is 0.317 e. The highest BCUT2D eigenvalue weighted by atomic mass is 79.9. The number of nitrogens with one attached hydrogen (secondary N) is 1. The maximum atomic E-state index is 12.8. The summed E-state index contributed by atoms with van der Waals surface area (Å²) < 4.78 is 12.5. The second-order valence-electron chi connectivity index (χ2n) is 6.94. The molecule has 0 aromatic heterocycles. The molecule has 1 N–H and O–H groups in total. The number of rotatable bonds is 2. The Morgan fingerprint density at radius 1 is 1.33 bits per heavy atom. The van der Waals surface area contributed by atoms with Gasteiger partial charge in [-0.3, -0.25) is 9.69 Å². The van der Waals surface area contributed by atoms with Gasteiger partial charge in [-0.15, -0.1) is 0 Å². The van der Waals surface area contributed by atoms with E-state index in [1.165, 1.54) is 7.11 Å². The Balaban J connectivity index is 1.92. The van der Waals surface area contributed by atoms with E-state index in [0.29, 0.717) is 5.11 Å². The average Bonchev–Trinajstić information content (AvgIpc) is 2.61. The Hall–Kier alpha value is -2.12. The first-order valence-electron chi connectivity index (χ1n) is 8.59. The number of esters is 1. The lowest BCUT2D eigenvalue weighted by Crippen LogP contribution is -2.71. The molecule has 0 amide bonds. The quantitative estimate of drug-likeness (QED) is 0.553. The third kappa shape index (κ3) is 2.80. The molecule has 2 heterocycles. The number of aryl methyl sites for hydroxylation is 1. The van der Waals surface area contributed by atoms with E-state index >= 15 is 0 Å². The molecule has 0 aliphatic carbocycles. The van der Waals surface area contributed by atoms with Crippen molar-refractivity contribution in [3.05, 3.63) is 58.1 Å². The molecule has 5 nitrogen and oxygen atoms in total. The molecule has 2 aromatic carbocycles. The van der Waals surface area contributed by atoms with Crippen LogP contribution in [0, 0.1) is 12.8 Å². The molecular weight excluding hydrogens is 428 g/mol. The van der Waals surface area contributed by atoms with Crippen LogP contribution in [-0.2, 0) is 9.53 Å². The van der Waals surface area contributed by atoms with Gasteiger partial charge in [-0.1, -0.05) is 28.1 Å². The van der Waals surface area contributed by atoms with Crippen LogP contribution in [0.2, 0.25) is 0 Å². The minimum absolute atomic E-state index is 0.336. The van der Waals surface area contributed by atoms with Crippen LogP contribution in [0.5, 0.6) is 5.75 Å². The summed E-state index contributed by atoms with van der Waals surface area (Å²) >= 11 is 9.18. The van der Waals surface area contributed by atoms with Crippen molar-refractivity contribution < 1.29 is 14.3 Å². The number of nitrogens with zero attached hydrogens (tertiary/aromatic N) is 1. The zero-order chi connectivity index (χ0) is 19.3. The van der Waals surface area contributed by atoms with Gasteiger partial charge in [-0.25, -0.2) is 0 Å². The molecule has 2 aliphatic heterocycles. The van der Waals surface area contributed by atoms with E-state index in [4.69, 9.17) is 21.7 Å². The van der Waals surface area contributed by atoms with Gasteiger partial charge in [-0.05, 0) is 62.0 Å². The minimum Gasteiger partial charge on any atom is -0.469 e. The fourth-order valence-corrected chi connectivity index (χ4v) is 4.79. The Kier molecular flexibility index (Phi) is 4.39. The maximum absolute atomic E-state index is 12.8. The molecule has 1 fully saturated rings. The van der Waals surface area contributed by atoms with Crippen LogP contribution in [0.25, 0.3) is 0 Å². The number of anilines is 1. The predicted octanol–water partition coefficient (Wildman–Crippen LogP) is 4.09. The van der Waals surface area contributed by atoms with Crippen LogP contribution in [-0.4, -0.2) is 23.9 Å². The first kappa shape index (κ1) is 18.3. The molecule has 0 radical (unpaired) electrons. The molecule has 4 rings (SSSR count). The Bertz CT molecular complexity index is 951. The van der Waals surface area contributed by atoms with E-state index in [2.05, 4.69) is 21.2 Å². The molecule has 7 heteroatoms. The van der Waals surface area contributed by atoms with Gasteiger partial charge in [0.15, 0.2) is 5.11 Å². The van der Waals surface area contributed by atoms with Crippen LogP contribution in [0.15, 0.2) is 46.9 Å². The standard InChI is InChI=1S/C20H19BrN2O3S/c1-11-5-4-6-13(9-11)23-19(27)22-17-14-10-12(21)7-8-15(14)26-20(23,2)16(17)18(24)25-3/h4-10,16-17H,1-3H3,(H,22,27). The average molecular weight is 447 g/mol. The highest BCUT2D eigenvalue weighted by Gasteiger charge is 2.59. The third-order valence-electron chi connectivity index (χ3n) is 5.17. The van der Waals surface area contributed by atoms with Crippen LogP contribution in [0.4, 0.5) is 5.69 Å². The van der Waals surface area contributed by atoms with Gasteiger partial charge in [0.2, 0.25) is 5.72 Å². The Morgan fingerprint density at radius 3 is 2.81 bits per heavy atom. The fraction of sp³-hybridized carbons (Fsp3) is 0.300. The molecule has 0 saturated carbocycles. The summed E-state index contributed by atoms with van der Waals surface area (Å²) in [4.78, 5) is 14.7. The number of thiocarbonyl (C=S) groups is 1. The Labute approximate surface area is 171 Å². The van der Waals surface area contributed by atoms with Crippen molar-refractivity contribution in [3.8, 4) is 5.75 Å². The lowest BCUT2D eigenvalue weighted by atomic mass is 9.79. The monoisotopic (exact) mass is 446 g/mol. The molecule has 140 valence electrons. The molecule has 1 saturated heterocycles. The van der Waals surface area contributed by atoms with E-state index < -0.39 is 11.6 Å². The van der Waals surface area contributed by atoms with E-state index in [1.54, 1.807) is 0 Å². The van der Waals surface area contributed by atoms with Gasteiger partial charge >= 0.3 is 5.97 Å². The van der Waals surface area contributed by atoms with E-state index in [0.717, 1.165) is 27.0 Å². The molecule has 0 spiro atoms. The van der Waals surface area contributed by atoms with Gasteiger partial charge < -0.3 is 14.8 Å². The van der Waals surface area contributed by atoms with Crippen molar-refractivity contribution in [2.45, 2.75) is 25.6 Å². The van der Waals surface area contributed by atoms with Gasteiger partial charge in [0, 0.05) is 15.7 Å².